The van der Waals surface area contributed by atoms with Crippen molar-refractivity contribution in [1.29, 1.82) is 0 Å². The SMILES string of the molecule is C=C1Nc2c(nc(-c3n[c-]n(C)c3S(=O)(=O)CC)n2C)C=C1C(F)(F)C(F)(F)F.[Cl][Zn+]. The Morgan fingerprint density at radius 2 is 1.84 bits per heavy atom. The number of hydrogen-bond donors (Lipinski definition) is 1. The summed E-state index contributed by atoms with van der Waals surface area (Å²) in [5.41, 5.74) is -2.37. The number of allylic oxidation sites excluding steroid dienone is 1. The Morgan fingerprint density at radius 3 is 2.35 bits per heavy atom. The molecule has 0 amide bonds. The minimum absolute atomic E-state index is 0.0491. The Hall–Kier alpha value is -1.79. The van der Waals surface area contributed by atoms with Crippen molar-refractivity contribution in [3.63, 3.8) is 0 Å². The third-order valence-corrected chi connectivity index (χ3v) is 6.21. The summed E-state index contributed by atoms with van der Waals surface area (Å²) in [6, 6.07) is 0. The first kappa shape index (κ1) is 25.5. The van der Waals surface area contributed by atoms with E-state index in [-0.39, 0.29) is 33.8 Å². The molecule has 0 aliphatic carbocycles. The van der Waals surface area contributed by atoms with E-state index in [1.807, 2.05) is 0 Å². The number of alkyl halides is 5. The molecule has 0 atom stereocenters. The zero-order valence-electron chi connectivity index (χ0n) is 16.5. The van der Waals surface area contributed by atoms with E-state index in [1.165, 1.54) is 25.6 Å². The molecular formula is C16H15ClF5N5O2SZn. The molecule has 3 rings (SSSR count). The summed E-state index contributed by atoms with van der Waals surface area (Å²) < 4.78 is 93.2. The maximum absolute atomic E-state index is 13.8. The van der Waals surface area contributed by atoms with Gasteiger partial charge in [-0.05, 0) is 18.8 Å². The van der Waals surface area contributed by atoms with Gasteiger partial charge in [-0.15, -0.1) is 0 Å². The van der Waals surface area contributed by atoms with E-state index >= 15 is 0 Å². The summed E-state index contributed by atoms with van der Waals surface area (Å²) in [7, 11) is 3.85. The van der Waals surface area contributed by atoms with E-state index in [2.05, 4.69) is 28.2 Å². The van der Waals surface area contributed by atoms with Gasteiger partial charge in [0.25, 0.3) is 0 Å². The van der Waals surface area contributed by atoms with Gasteiger partial charge in [-0.25, -0.2) is 13.4 Å². The second-order valence-corrected chi connectivity index (χ2v) is 8.48. The number of sulfone groups is 1. The Kier molecular flexibility index (Phi) is 7.09. The molecule has 0 aromatic carbocycles. The number of fused-ring (bicyclic) bond motifs is 1. The summed E-state index contributed by atoms with van der Waals surface area (Å²) in [5, 5.41) is 2.19. The Labute approximate surface area is 188 Å². The van der Waals surface area contributed by atoms with Gasteiger partial charge in [0.2, 0.25) is 0 Å². The molecular weight excluding hydrogens is 522 g/mol. The summed E-state index contributed by atoms with van der Waals surface area (Å²) in [4.78, 5) is 7.95. The van der Waals surface area contributed by atoms with Gasteiger partial charge in [0, 0.05) is 29.9 Å². The summed E-state index contributed by atoms with van der Waals surface area (Å²) in [6.45, 7) is 4.68. The fourth-order valence-corrected chi connectivity index (χ4v) is 4.03. The van der Waals surface area contributed by atoms with Gasteiger partial charge in [-0.3, -0.25) is 0 Å². The number of aryl methyl sites for hydroxylation is 1. The molecule has 0 radical (unpaired) electrons. The summed E-state index contributed by atoms with van der Waals surface area (Å²) in [5.74, 6) is -5.37. The molecule has 1 aliphatic heterocycles. The van der Waals surface area contributed by atoms with Crippen molar-refractivity contribution in [2.75, 3.05) is 11.1 Å². The number of aromatic nitrogens is 4. The molecule has 0 fully saturated rings. The molecule has 166 valence electrons. The van der Waals surface area contributed by atoms with Crippen LogP contribution in [-0.4, -0.2) is 45.4 Å². The van der Waals surface area contributed by atoms with Crippen LogP contribution in [0.3, 0.4) is 0 Å². The fraction of sp³-hybridized carbons (Fsp3) is 0.375. The standard InChI is InChI=1S/C16H15F5N5O2S.ClH.Zn/c1-5-29(27,28)14-11(22-7-25(14)3)13-24-10-6-9(15(17,18)16(19,20)21)8(2)23-12(10)26(13)4;;/h6,23H,2,5H2,1,3-4H3;1H;/q-1;;+2/p-1. The van der Waals surface area contributed by atoms with E-state index in [0.29, 0.717) is 6.08 Å². The van der Waals surface area contributed by atoms with Gasteiger partial charge in [-0.1, -0.05) is 13.5 Å². The van der Waals surface area contributed by atoms with Crippen molar-refractivity contribution >= 4 is 31.4 Å². The van der Waals surface area contributed by atoms with Crippen molar-refractivity contribution in [3.05, 3.63) is 29.9 Å². The van der Waals surface area contributed by atoms with Gasteiger partial charge in [0.1, 0.15) is 21.3 Å². The van der Waals surface area contributed by atoms with E-state index in [1.54, 1.807) is 0 Å². The second-order valence-electron chi connectivity index (χ2n) is 6.29. The molecule has 0 saturated heterocycles. The zero-order chi connectivity index (χ0) is 23.9. The van der Waals surface area contributed by atoms with Crippen LogP contribution in [0.4, 0.5) is 27.8 Å². The first-order chi connectivity index (χ1) is 14.2. The van der Waals surface area contributed by atoms with Crippen LogP contribution in [0.1, 0.15) is 12.6 Å². The number of halogens is 6. The topological polar surface area (TPSA) is 81.8 Å². The number of anilines is 1. The maximum atomic E-state index is 13.8. The molecule has 3 heterocycles. The van der Waals surface area contributed by atoms with Crippen LogP contribution in [0, 0.1) is 6.33 Å². The molecule has 31 heavy (non-hydrogen) atoms. The molecule has 2 aromatic rings. The van der Waals surface area contributed by atoms with Crippen molar-refractivity contribution < 1.29 is 47.7 Å². The average molecular weight is 537 g/mol. The molecule has 7 nitrogen and oxygen atoms in total. The normalized spacial score (nSPS) is 14.4. The molecule has 0 unspecified atom stereocenters. The molecule has 1 aliphatic rings. The van der Waals surface area contributed by atoms with Crippen molar-refractivity contribution in [2.45, 2.75) is 24.0 Å². The number of rotatable bonds is 4. The van der Waals surface area contributed by atoms with Crippen LogP contribution in [0.15, 0.2) is 22.9 Å². The van der Waals surface area contributed by atoms with Crippen LogP contribution in [0.25, 0.3) is 17.6 Å². The summed E-state index contributed by atoms with van der Waals surface area (Å²) >= 11 is 0.847. The first-order valence-corrected chi connectivity index (χ1v) is 13.9. The average Bonchev–Trinajstić information content (AvgIpc) is 3.22. The third kappa shape index (κ3) is 4.29. The van der Waals surface area contributed by atoms with Gasteiger partial charge < -0.3 is 19.4 Å². The van der Waals surface area contributed by atoms with Gasteiger partial charge in [0.05, 0.1) is 11.4 Å². The van der Waals surface area contributed by atoms with Crippen LogP contribution < -0.4 is 5.32 Å². The van der Waals surface area contributed by atoms with E-state index in [0.717, 1.165) is 21.9 Å². The number of nitrogens with zero attached hydrogens (tertiary/aromatic N) is 4. The fourth-order valence-electron chi connectivity index (χ4n) is 2.86. The van der Waals surface area contributed by atoms with E-state index < -0.39 is 33.2 Å². The van der Waals surface area contributed by atoms with Crippen molar-refractivity contribution in [3.8, 4) is 11.5 Å². The van der Waals surface area contributed by atoms with Crippen molar-refractivity contribution in [1.82, 2.24) is 19.1 Å². The molecule has 2 aromatic heterocycles. The van der Waals surface area contributed by atoms with Gasteiger partial charge in [0.15, 0.2) is 0 Å². The minimum atomic E-state index is -5.82. The van der Waals surface area contributed by atoms with Crippen LogP contribution in [-0.2, 0) is 41.2 Å². The number of nitrogens with one attached hydrogen (secondary N) is 1. The second kappa shape index (κ2) is 8.63. The van der Waals surface area contributed by atoms with Crippen LogP contribution >= 0.6 is 9.69 Å². The third-order valence-electron chi connectivity index (χ3n) is 4.40. The first-order valence-electron chi connectivity index (χ1n) is 8.36. The van der Waals surface area contributed by atoms with Crippen LogP contribution in [0.2, 0.25) is 0 Å². The monoisotopic (exact) mass is 535 g/mol. The molecule has 1 N–H and O–H groups in total. The molecule has 0 spiro atoms. The zero-order valence-corrected chi connectivity index (χ0v) is 21.0. The predicted molar refractivity (Wildman–Crippen MR) is 99.6 cm³/mol. The predicted octanol–water partition coefficient (Wildman–Crippen LogP) is 3.62. The van der Waals surface area contributed by atoms with E-state index in [4.69, 9.17) is 9.69 Å². The van der Waals surface area contributed by atoms with Gasteiger partial charge in [-0.2, -0.15) is 22.0 Å². The Morgan fingerprint density at radius 1 is 1.26 bits per heavy atom. The van der Waals surface area contributed by atoms with Gasteiger partial charge >= 0.3 is 39.1 Å². The molecule has 0 bridgehead atoms. The van der Waals surface area contributed by atoms with Crippen molar-refractivity contribution in [2.24, 2.45) is 14.1 Å². The summed E-state index contributed by atoms with van der Waals surface area (Å²) in [6.07, 6.45) is -2.79. The molecule has 15 heteroatoms. The quantitative estimate of drug-likeness (QED) is 0.366. The number of hydrogen-bond acceptors (Lipinski definition) is 5. The Bertz CT molecular complexity index is 1150. The molecule has 0 saturated carbocycles. The number of imidazole rings is 2. The van der Waals surface area contributed by atoms with Crippen LogP contribution in [0.5, 0.6) is 0 Å². The van der Waals surface area contributed by atoms with E-state index in [9.17, 15) is 30.4 Å². The Balaban J connectivity index is 0.00000166.